The van der Waals surface area contributed by atoms with Gasteiger partial charge in [0.25, 0.3) is 0 Å². The standard InChI is InChI=1S/C52H86N2/c1-4-6-8-10-12-14-16-18-19-20-21-22-24-26-28-30-38-45-54-46-44-53-51(54)50(43-37-29-27-25-23-17-15-13-11-9-7-5-2)52(3,49-41-35-32-36-42-49)47-48-39-33-31-34-40-48/h31-36,39-42,44,46,50H,4-30,37-38,43,45,47H2,1-3H3. The molecular weight excluding hydrogens is 653 g/mol. The first-order valence-electron chi connectivity index (χ1n) is 23.8. The number of benzene rings is 2. The van der Waals surface area contributed by atoms with Crippen LogP contribution in [0.1, 0.15) is 236 Å². The molecule has 2 unspecified atom stereocenters. The Hall–Kier alpha value is -2.35. The van der Waals surface area contributed by atoms with E-state index in [1.807, 2.05) is 0 Å². The summed E-state index contributed by atoms with van der Waals surface area (Å²) in [6, 6.07) is 22.6. The van der Waals surface area contributed by atoms with Gasteiger partial charge in [-0.15, -0.1) is 0 Å². The predicted octanol–water partition coefficient (Wildman–Crippen LogP) is 16.9. The van der Waals surface area contributed by atoms with Gasteiger partial charge in [-0.3, -0.25) is 0 Å². The smallest absolute Gasteiger partial charge is 0.112 e. The molecule has 0 aliphatic rings. The number of hydrogen-bond donors (Lipinski definition) is 0. The molecule has 3 aromatic rings. The third kappa shape index (κ3) is 19.5. The van der Waals surface area contributed by atoms with Crippen LogP contribution in [0.15, 0.2) is 73.1 Å². The molecule has 0 aliphatic carbocycles. The van der Waals surface area contributed by atoms with E-state index in [0.29, 0.717) is 5.92 Å². The molecule has 1 heterocycles. The highest BCUT2D eigenvalue weighted by atomic mass is 15.1. The average Bonchev–Trinajstić information content (AvgIpc) is 3.66. The van der Waals surface area contributed by atoms with E-state index in [-0.39, 0.29) is 5.41 Å². The molecule has 0 saturated carbocycles. The lowest BCUT2D eigenvalue weighted by molar-refractivity contribution is 0.321. The van der Waals surface area contributed by atoms with Crippen LogP contribution in [0.25, 0.3) is 0 Å². The lowest BCUT2D eigenvalue weighted by Gasteiger charge is -2.39. The van der Waals surface area contributed by atoms with Crippen LogP contribution in [0, 0.1) is 0 Å². The lowest BCUT2D eigenvalue weighted by Crippen LogP contribution is -2.35. The van der Waals surface area contributed by atoms with Crippen LogP contribution in [0.4, 0.5) is 0 Å². The highest BCUT2D eigenvalue weighted by Crippen LogP contribution is 2.44. The van der Waals surface area contributed by atoms with Gasteiger partial charge in [0.15, 0.2) is 0 Å². The van der Waals surface area contributed by atoms with E-state index in [1.165, 1.54) is 210 Å². The van der Waals surface area contributed by atoms with E-state index in [9.17, 15) is 0 Å². The fourth-order valence-corrected chi connectivity index (χ4v) is 9.01. The Labute approximate surface area is 336 Å². The minimum Gasteiger partial charge on any atom is -0.335 e. The molecule has 0 bridgehead atoms. The molecule has 0 fully saturated rings. The molecule has 304 valence electrons. The molecule has 2 heteroatoms. The summed E-state index contributed by atoms with van der Waals surface area (Å²) in [7, 11) is 0. The Bertz CT molecular complexity index is 1230. The van der Waals surface area contributed by atoms with Crippen molar-refractivity contribution in [3.8, 4) is 0 Å². The summed E-state index contributed by atoms with van der Waals surface area (Å²) < 4.78 is 2.54. The number of nitrogens with zero attached hydrogens (tertiary/aromatic N) is 2. The first-order chi connectivity index (χ1) is 26.7. The van der Waals surface area contributed by atoms with E-state index in [4.69, 9.17) is 4.98 Å². The minimum absolute atomic E-state index is 0.0300. The van der Waals surface area contributed by atoms with Crippen molar-refractivity contribution in [1.82, 2.24) is 9.55 Å². The Morgan fingerprint density at radius 2 is 0.870 bits per heavy atom. The van der Waals surface area contributed by atoms with Crippen molar-refractivity contribution in [3.05, 3.63) is 90.0 Å². The summed E-state index contributed by atoms with van der Waals surface area (Å²) in [5.74, 6) is 1.70. The van der Waals surface area contributed by atoms with Crippen LogP contribution in [-0.2, 0) is 18.4 Å². The zero-order valence-corrected chi connectivity index (χ0v) is 36.0. The molecule has 0 N–H and O–H groups in total. The van der Waals surface area contributed by atoms with Crippen molar-refractivity contribution in [2.24, 2.45) is 0 Å². The number of aryl methyl sites for hydroxylation is 1. The fourth-order valence-electron chi connectivity index (χ4n) is 9.01. The molecule has 2 atom stereocenters. The second-order valence-corrected chi connectivity index (χ2v) is 17.3. The highest BCUT2D eigenvalue weighted by molar-refractivity contribution is 5.33. The van der Waals surface area contributed by atoms with Crippen molar-refractivity contribution in [2.75, 3.05) is 0 Å². The Morgan fingerprint density at radius 3 is 1.31 bits per heavy atom. The van der Waals surface area contributed by atoms with E-state index < -0.39 is 0 Å². The Balaban J connectivity index is 1.47. The summed E-state index contributed by atoms with van der Waals surface area (Å²) in [5.41, 5.74) is 2.84. The van der Waals surface area contributed by atoms with Crippen LogP contribution >= 0.6 is 0 Å². The molecule has 1 aromatic heterocycles. The molecule has 2 aromatic carbocycles. The van der Waals surface area contributed by atoms with Crippen LogP contribution in [0.2, 0.25) is 0 Å². The zero-order chi connectivity index (χ0) is 38.2. The Kier molecular flexibility index (Phi) is 26.3. The van der Waals surface area contributed by atoms with Gasteiger partial charge >= 0.3 is 0 Å². The van der Waals surface area contributed by atoms with Gasteiger partial charge in [0, 0.05) is 30.3 Å². The molecule has 0 spiro atoms. The van der Waals surface area contributed by atoms with Gasteiger partial charge in [-0.05, 0) is 30.4 Å². The summed E-state index contributed by atoms with van der Waals surface area (Å²) in [5, 5.41) is 0. The molecule has 54 heavy (non-hydrogen) atoms. The number of hydrogen-bond acceptors (Lipinski definition) is 1. The largest absolute Gasteiger partial charge is 0.335 e. The third-order valence-electron chi connectivity index (χ3n) is 12.5. The van der Waals surface area contributed by atoms with Crippen molar-refractivity contribution >= 4 is 0 Å². The quantitative estimate of drug-likeness (QED) is 0.0543. The van der Waals surface area contributed by atoms with Gasteiger partial charge in [0.2, 0.25) is 0 Å². The summed E-state index contributed by atoms with van der Waals surface area (Å²) >= 11 is 0. The number of aromatic nitrogens is 2. The van der Waals surface area contributed by atoms with Crippen molar-refractivity contribution < 1.29 is 0 Å². The Morgan fingerprint density at radius 1 is 0.481 bits per heavy atom. The maximum atomic E-state index is 5.18. The maximum Gasteiger partial charge on any atom is 0.112 e. The average molecular weight is 739 g/mol. The van der Waals surface area contributed by atoms with Crippen molar-refractivity contribution in [3.63, 3.8) is 0 Å². The minimum atomic E-state index is -0.0300. The van der Waals surface area contributed by atoms with Crippen LogP contribution in [0.3, 0.4) is 0 Å². The molecule has 0 saturated heterocycles. The van der Waals surface area contributed by atoms with E-state index in [2.05, 4.69) is 98.4 Å². The maximum absolute atomic E-state index is 5.18. The van der Waals surface area contributed by atoms with Gasteiger partial charge in [0.05, 0.1) is 0 Å². The van der Waals surface area contributed by atoms with Crippen LogP contribution in [0.5, 0.6) is 0 Å². The van der Waals surface area contributed by atoms with Gasteiger partial charge in [-0.2, -0.15) is 0 Å². The lowest BCUT2D eigenvalue weighted by atomic mass is 9.66. The number of rotatable bonds is 36. The normalized spacial score (nSPS) is 13.3. The summed E-state index contributed by atoms with van der Waals surface area (Å²) in [4.78, 5) is 5.18. The van der Waals surface area contributed by atoms with Gasteiger partial charge < -0.3 is 4.57 Å². The second kappa shape index (κ2) is 30.8. The first-order valence-corrected chi connectivity index (χ1v) is 23.8. The topological polar surface area (TPSA) is 17.8 Å². The van der Waals surface area contributed by atoms with E-state index in [1.54, 1.807) is 0 Å². The SMILES string of the molecule is CCCCCCCCCCCCCCCCCCCn1ccnc1C(CCCCCCCCCCCCCC)C(C)(Cc1ccccc1)c1ccccc1. The van der Waals surface area contributed by atoms with Gasteiger partial charge in [-0.25, -0.2) is 4.98 Å². The first kappa shape index (κ1) is 46.0. The molecule has 2 nitrogen and oxygen atoms in total. The van der Waals surface area contributed by atoms with Crippen molar-refractivity contribution in [1.29, 1.82) is 0 Å². The molecule has 0 amide bonds. The van der Waals surface area contributed by atoms with E-state index >= 15 is 0 Å². The highest BCUT2D eigenvalue weighted by Gasteiger charge is 2.39. The van der Waals surface area contributed by atoms with E-state index in [0.717, 1.165) is 13.0 Å². The molecule has 0 aliphatic heterocycles. The second-order valence-electron chi connectivity index (χ2n) is 17.3. The summed E-state index contributed by atoms with van der Waals surface area (Å²) in [6.45, 7) is 8.25. The van der Waals surface area contributed by atoms with Crippen LogP contribution < -0.4 is 0 Å². The molecule has 0 radical (unpaired) electrons. The molecular formula is C52H86N2. The number of unbranched alkanes of at least 4 members (excludes halogenated alkanes) is 27. The third-order valence-corrected chi connectivity index (χ3v) is 12.5. The fraction of sp³-hybridized carbons (Fsp3) is 0.712. The monoisotopic (exact) mass is 739 g/mol. The predicted molar refractivity (Wildman–Crippen MR) is 239 cm³/mol. The summed E-state index contributed by atoms with van der Waals surface area (Å²) in [6.07, 6.45) is 47.4. The van der Waals surface area contributed by atoms with Gasteiger partial charge in [-0.1, -0.05) is 261 Å². The number of imidazole rings is 1. The molecule has 3 rings (SSSR count). The van der Waals surface area contributed by atoms with Crippen LogP contribution in [-0.4, -0.2) is 9.55 Å². The van der Waals surface area contributed by atoms with Gasteiger partial charge in [0.1, 0.15) is 5.82 Å². The van der Waals surface area contributed by atoms with Crippen molar-refractivity contribution in [2.45, 2.75) is 238 Å². The zero-order valence-electron chi connectivity index (χ0n) is 36.0.